The molecule has 3 heterocycles. The number of ether oxygens (including phenoxy) is 3. The van der Waals surface area contributed by atoms with Crippen molar-refractivity contribution in [3.63, 3.8) is 0 Å². The zero-order valence-electron chi connectivity index (χ0n) is 10.1. The normalized spacial score (nSPS) is 45.7. The molecular weight excluding hydrogens is 238 g/mol. The van der Waals surface area contributed by atoms with Crippen LogP contribution in [0.3, 0.4) is 0 Å². The van der Waals surface area contributed by atoms with Crippen molar-refractivity contribution in [2.75, 3.05) is 13.2 Å². The molecule has 6 nitrogen and oxygen atoms in total. The van der Waals surface area contributed by atoms with Gasteiger partial charge in [0, 0.05) is 12.8 Å². The number of esters is 1. The van der Waals surface area contributed by atoms with Crippen LogP contribution in [-0.2, 0) is 23.8 Å². The number of carbonyl (C=O) groups excluding carboxylic acids is 1. The van der Waals surface area contributed by atoms with E-state index in [1.54, 1.807) is 0 Å². The van der Waals surface area contributed by atoms with Crippen LogP contribution in [0.5, 0.6) is 0 Å². The van der Waals surface area contributed by atoms with E-state index in [1.165, 1.54) is 6.42 Å². The Bertz CT molecular complexity index is 381. The first-order valence-electron chi connectivity index (χ1n) is 6.69. The number of hydrogen-bond donors (Lipinski definition) is 1. The molecule has 1 saturated carbocycles. The summed E-state index contributed by atoms with van der Waals surface area (Å²) in [5, 5.41) is 0. The first kappa shape index (κ1) is 11.2. The van der Waals surface area contributed by atoms with Crippen LogP contribution in [0.15, 0.2) is 0 Å². The number of rotatable bonds is 0. The van der Waals surface area contributed by atoms with Gasteiger partial charge in [0.1, 0.15) is 0 Å². The Morgan fingerprint density at radius 3 is 2.83 bits per heavy atom. The highest BCUT2D eigenvalue weighted by Gasteiger charge is 2.69. The van der Waals surface area contributed by atoms with Gasteiger partial charge in [-0.15, -0.1) is 0 Å². The van der Waals surface area contributed by atoms with Crippen molar-refractivity contribution >= 4 is 5.97 Å². The van der Waals surface area contributed by atoms with Gasteiger partial charge in [-0.05, 0) is 12.8 Å². The van der Waals surface area contributed by atoms with Crippen molar-refractivity contribution in [1.82, 2.24) is 5.48 Å². The second-order valence-electron chi connectivity index (χ2n) is 5.60. The van der Waals surface area contributed by atoms with Crippen molar-refractivity contribution in [3.8, 4) is 0 Å². The highest BCUT2D eigenvalue weighted by molar-refractivity contribution is 5.81. The van der Waals surface area contributed by atoms with E-state index in [4.69, 9.17) is 19.0 Å². The Morgan fingerprint density at radius 2 is 2.00 bits per heavy atom. The highest BCUT2D eigenvalue weighted by Crippen LogP contribution is 2.49. The smallest absolute Gasteiger partial charge is 0.371 e. The molecule has 4 fully saturated rings. The van der Waals surface area contributed by atoms with Crippen LogP contribution in [0.1, 0.15) is 32.1 Å². The molecule has 0 bridgehead atoms. The first-order valence-corrected chi connectivity index (χ1v) is 6.69. The summed E-state index contributed by atoms with van der Waals surface area (Å²) in [7, 11) is 0. The molecular formula is C12H17NO5. The molecule has 2 spiro atoms. The quantitative estimate of drug-likeness (QED) is 0.635. The van der Waals surface area contributed by atoms with Gasteiger partial charge in [0.2, 0.25) is 5.79 Å². The van der Waals surface area contributed by atoms with Crippen molar-refractivity contribution in [1.29, 1.82) is 0 Å². The molecule has 1 unspecified atom stereocenters. The first-order chi connectivity index (χ1) is 8.74. The second kappa shape index (κ2) is 3.66. The molecule has 18 heavy (non-hydrogen) atoms. The third-order valence-electron chi connectivity index (χ3n) is 4.45. The van der Waals surface area contributed by atoms with E-state index in [2.05, 4.69) is 5.48 Å². The van der Waals surface area contributed by atoms with Crippen molar-refractivity contribution in [2.24, 2.45) is 5.92 Å². The lowest BCUT2D eigenvalue weighted by Gasteiger charge is -2.32. The molecule has 4 aliphatic rings. The fourth-order valence-electron chi connectivity index (χ4n) is 3.45. The summed E-state index contributed by atoms with van der Waals surface area (Å²) >= 11 is 0. The molecule has 3 atom stereocenters. The van der Waals surface area contributed by atoms with Gasteiger partial charge >= 0.3 is 5.97 Å². The molecule has 100 valence electrons. The molecule has 3 saturated heterocycles. The van der Waals surface area contributed by atoms with E-state index in [0.717, 1.165) is 25.7 Å². The lowest BCUT2D eigenvalue weighted by Crippen LogP contribution is -2.46. The molecule has 0 amide bonds. The Kier molecular flexibility index (Phi) is 2.27. The summed E-state index contributed by atoms with van der Waals surface area (Å²) in [5.41, 5.74) is 2.85. The van der Waals surface area contributed by atoms with Crippen LogP contribution in [-0.4, -0.2) is 36.8 Å². The summed E-state index contributed by atoms with van der Waals surface area (Å²) in [6, 6.07) is 0.0243. The van der Waals surface area contributed by atoms with Gasteiger partial charge in [-0.25, -0.2) is 4.79 Å². The Hall–Kier alpha value is -0.690. The number of fused-ring (bicyclic) bond motifs is 2. The van der Waals surface area contributed by atoms with E-state index in [1.807, 2.05) is 0 Å². The summed E-state index contributed by atoms with van der Waals surface area (Å²) in [6.07, 6.45) is 4.76. The van der Waals surface area contributed by atoms with Gasteiger partial charge < -0.3 is 9.47 Å². The summed E-state index contributed by atoms with van der Waals surface area (Å²) in [4.78, 5) is 17.7. The molecule has 6 heteroatoms. The minimum atomic E-state index is -1.28. The molecule has 0 aromatic heterocycles. The molecule has 0 aromatic carbocycles. The Morgan fingerprint density at radius 1 is 1.17 bits per heavy atom. The van der Waals surface area contributed by atoms with Gasteiger partial charge in [-0.2, -0.15) is 5.48 Å². The van der Waals surface area contributed by atoms with Crippen LogP contribution < -0.4 is 5.48 Å². The van der Waals surface area contributed by atoms with E-state index >= 15 is 0 Å². The number of nitrogens with one attached hydrogen (secondary N) is 1. The number of hydroxylamine groups is 1. The van der Waals surface area contributed by atoms with Crippen molar-refractivity contribution < 1.29 is 23.8 Å². The SMILES string of the molecule is O=C1OC2(CCCCC2)OC12ON[C@@H]1COC[C@@H]12. The van der Waals surface area contributed by atoms with Gasteiger partial charge in [0.25, 0.3) is 5.79 Å². The van der Waals surface area contributed by atoms with Crippen molar-refractivity contribution in [3.05, 3.63) is 0 Å². The van der Waals surface area contributed by atoms with E-state index in [9.17, 15) is 4.79 Å². The maximum atomic E-state index is 12.2. The van der Waals surface area contributed by atoms with Crippen LogP contribution in [0.4, 0.5) is 0 Å². The van der Waals surface area contributed by atoms with E-state index in [0.29, 0.717) is 13.2 Å². The lowest BCUT2D eigenvalue weighted by atomic mass is 9.93. The standard InChI is InChI=1S/C12H17NO5/c14-10-12(8-6-15-7-9(8)13-18-12)17-11(16-10)4-2-1-3-5-11/h8-9,13H,1-7H2/t8-,9+,12?/m0/s1. The van der Waals surface area contributed by atoms with Gasteiger partial charge in [-0.3, -0.25) is 9.57 Å². The highest BCUT2D eigenvalue weighted by atomic mass is 16.9. The largest absolute Gasteiger partial charge is 0.429 e. The van der Waals surface area contributed by atoms with Crippen LogP contribution in [0, 0.1) is 5.92 Å². The molecule has 3 aliphatic heterocycles. The third kappa shape index (κ3) is 1.34. The topological polar surface area (TPSA) is 66.0 Å². The Balaban J connectivity index is 1.64. The van der Waals surface area contributed by atoms with Gasteiger partial charge in [-0.1, -0.05) is 6.42 Å². The molecule has 1 aliphatic carbocycles. The zero-order chi connectivity index (χ0) is 12.2. The molecule has 4 rings (SSSR count). The third-order valence-corrected chi connectivity index (χ3v) is 4.45. The second-order valence-corrected chi connectivity index (χ2v) is 5.60. The average Bonchev–Trinajstić information content (AvgIpc) is 3.00. The van der Waals surface area contributed by atoms with E-state index < -0.39 is 17.5 Å². The predicted molar refractivity (Wildman–Crippen MR) is 58.0 cm³/mol. The van der Waals surface area contributed by atoms with Crippen LogP contribution in [0.2, 0.25) is 0 Å². The average molecular weight is 255 g/mol. The lowest BCUT2D eigenvalue weighted by molar-refractivity contribution is -0.284. The zero-order valence-corrected chi connectivity index (χ0v) is 10.1. The minimum Gasteiger partial charge on any atom is -0.429 e. The summed E-state index contributed by atoms with van der Waals surface area (Å²) in [5.74, 6) is -2.53. The number of carbonyl (C=O) groups is 1. The monoisotopic (exact) mass is 255 g/mol. The van der Waals surface area contributed by atoms with E-state index in [-0.39, 0.29) is 12.0 Å². The van der Waals surface area contributed by atoms with Gasteiger partial charge in [0.05, 0.1) is 25.2 Å². The molecule has 1 N–H and O–H groups in total. The van der Waals surface area contributed by atoms with Gasteiger partial charge in [0.15, 0.2) is 0 Å². The van der Waals surface area contributed by atoms with Crippen LogP contribution >= 0.6 is 0 Å². The fraction of sp³-hybridized carbons (Fsp3) is 0.917. The summed E-state index contributed by atoms with van der Waals surface area (Å²) in [6.45, 7) is 1.03. The number of hydrogen-bond acceptors (Lipinski definition) is 6. The van der Waals surface area contributed by atoms with Crippen molar-refractivity contribution in [2.45, 2.75) is 49.7 Å². The molecule has 0 radical (unpaired) electrons. The van der Waals surface area contributed by atoms with Crippen LogP contribution in [0.25, 0.3) is 0 Å². The summed E-state index contributed by atoms with van der Waals surface area (Å²) < 4.78 is 17.0. The maximum Gasteiger partial charge on any atom is 0.371 e. The maximum absolute atomic E-state index is 12.2. The molecule has 0 aromatic rings. The fourth-order valence-corrected chi connectivity index (χ4v) is 3.45. The Labute approximate surface area is 105 Å². The predicted octanol–water partition coefficient (Wildman–Crippen LogP) is 0.466. The minimum absolute atomic E-state index is 0.0243.